The Morgan fingerprint density at radius 2 is 1.53 bits per heavy atom. The SMILES string of the molecule is O=C(c1cc(F)c(F)c(F)c1)c1cccc(Br)c1F. The zero-order chi connectivity index (χ0) is 14.2. The molecule has 0 unspecified atom stereocenters. The molecule has 0 atom stereocenters. The van der Waals surface area contributed by atoms with Crippen molar-refractivity contribution >= 4 is 21.7 Å². The lowest BCUT2D eigenvalue weighted by atomic mass is 10.0. The van der Waals surface area contributed by atoms with E-state index in [2.05, 4.69) is 15.9 Å². The van der Waals surface area contributed by atoms with Crippen molar-refractivity contribution in [2.45, 2.75) is 0 Å². The first kappa shape index (κ1) is 13.7. The van der Waals surface area contributed by atoms with Crippen LogP contribution >= 0.6 is 15.9 Å². The van der Waals surface area contributed by atoms with Crippen molar-refractivity contribution in [3.63, 3.8) is 0 Å². The Bertz CT molecular complexity index is 647. The van der Waals surface area contributed by atoms with Crippen LogP contribution in [0.2, 0.25) is 0 Å². The van der Waals surface area contributed by atoms with Crippen LogP contribution in [-0.4, -0.2) is 5.78 Å². The smallest absolute Gasteiger partial charge is 0.196 e. The molecule has 0 amide bonds. The van der Waals surface area contributed by atoms with Crippen molar-refractivity contribution in [1.82, 2.24) is 0 Å². The first-order chi connectivity index (χ1) is 8.91. The molecule has 1 nitrogen and oxygen atoms in total. The molecule has 0 aliphatic carbocycles. The quantitative estimate of drug-likeness (QED) is 0.457. The maximum absolute atomic E-state index is 13.7. The predicted molar refractivity (Wildman–Crippen MR) is 63.8 cm³/mol. The molecule has 0 saturated carbocycles. The van der Waals surface area contributed by atoms with Gasteiger partial charge in [0.25, 0.3) is 0 Å². The molecule has 2 aromatic rings. The van der Waals surface area contributed by atoms with E-state index in [4.69, 9.17) is 0 Å². The van der Waals surface area contributed by atoms with E-state index in [0.717, 1.165) is 0 Å². The summed E-state index contributed by atoms with van der Waals surface area (Å²) < 4.78 is 52.6. The summed E-state index contributed by atoms with van der Waals surface area (Å²) in [5, 5.41) is 0. The van der Waals surface area contributed by atoms with Crippen molar-refractivity contribution in [2.75, 3.05) is 0 Å². The Morgan fingerprint density at radius 1 is 0.947 bits per heavy atom. The second kappa shape index (κ2) is 5.13. The van der Waals surface area contributed by atoms with Crippen LogP contribution in [0.4, 0.5) is 17.6 Å². The van der Waals surface area contributed by atoms with Gasteiger partial charge in [0.1, 0.15) is 5.82 Å². The standard InChI is InChI=1S/C13H5BrF4O/c14-8-3-1-2-7(11(8)17)13(19)6-4-9(15)12(18)10(16)5-6/h1-5H. The maximum Gasteiger partial charge on any atom is 0.196 e. The van der Waals surface area contributed by atoms with E-state index in [1.807, 2.05) is 0 Å². The third kappa shape index (κ3) is 2.53. The molecule has 0 spiro atoms. The Balaban J connectivity index is 2.53. The summed E-state index contributed by atoms with van der Waals surface area (Å²) in [6.45, 7) is 0. The second-order valence-electron chi connectivity index (χ2n) is 3.68. The zero-order valence-electron chi connectivity index (χ0n) is 9.18. The highest BCUT2D eigenvalue weighted by atomic mass is 79.9. The molecule has 0 N–H and O–H groups in total. The molecule has 0 aromatic heterocycles. The fraction of sp³-hybridized carbons (Fsp3) is 0. The highest BCUT2D eigenvalue weighted by Crippen LogP contribution is 2.22. The van der Waals surface area contributed by atoms with Crippen molar-refractivity contribution in [2.24, 2.45) is 0 Å². The van der Waals surface area contributed by atoms with Crippen LogP contribution in [0.3, 0.4) is 0 Å². The summed E-state index contributed by atoms with van der Waals surface area (Å²) in [5.74, 6) is -6.46. The van der Waals surface area contributed by atoms with Crippen LogP contribution in [0.1, 0.15) is 15.9 Å². The monoisotopic (exact) mass is 332 g/mol. The highest BCUT2D eigenvalue weighted by Gasteiger charge is 2.19. The Hall–Kier alpha value is -1.69. The fourth-order valence-electron chi connectivity index (χ4n) is 1.52. The minimum absolute atomic E-state index is 0.0430. The number of ketones is 1. The maximum atomic E-state index is 13.7. The Morgan fingerprint density at radius 3 is 2.11 bits per heavy atom. The summed E-state index contributed by atoms with van der Waals surface area (Å²) in [7, 11) is 0. The number of hydrogen-bond acceptors (Lipinski definition) is 1. The van der Waals surface area contributed by atoms with E-state index in [1.165, 1.54) is 18.2 Å². The van der Waals surface area contributed by atoms with Crippen LogP contribution in [0.5, 0.6) is 0 Å². The van der Waals surface area contributed by atoms with Crippen molar-refractivity contribution in [1.29, 1.82) is 0 Å². The van der Waals surface area contributed by atoms with Crippen LogP contribution in [0, 0.1) is 23.3 Å². The van der Waals surface area contributed by atoms with Gasteiger partial charge in [-0.2, -0.15) is 0 Å². The van der Waals surface area contributed by atoms with Crippen LogP contribution in [0.15, 0.2) is 34.8 Å². The van der Waals surface area contributed by atoms with E-state index in [9.17, 15) is 22.4 Å². The summed E-state index contributed by atoms with van der Waals surface area (Å²) >= 11 is 2.89. The van der Waals surface area contributed by atoms with Crippen LogP contribution in [-0.2, 0) is 0 Å². The second-order valence-corrected chi connectivity index (χ2v) is 4.54. The van der Waals surface area contributed by atoms with Gasteiger partial charge in [0, 0.05) is 5.56 Å². The first-order valence-electron chi connectivity index (χ1n) is 5.05. The summed E-state index contributed by atoms with van der Waals surface area (Å²) in [5.41, 5.74) is -0.826. The van der Waals surface area contributed by atoms with Gasteiger partial charge in [0.2, 0.25) is 0 Å². The average molecular weight is 333 g/mol. The molecule has 0 fully saturated rings. The van der Waals surface area contributed by atoms with E-state index < -0.39 is 34.6 Å². The summed E-state index contributed by atoms with van der Waals surface area (Å²) in [6, 6.07) is 5.00. The third-order valence-corrected chi connectivity index (χ3v) is 3.05. The molecular formula is C13H5BrF4O. The van der Waals surface area contributed by atoms with Crippen molar-refractivity contribution in [3.05, 3.63) is 69.2 Å². The minimum Gasteiger partial charge on any atom is -0.288 e. The largest absolute Gasteiger partial charge is 0.288 e. The lowest BCUT2D eigenvalue weighted by molar-refractivity contribution is 0.103. The van der Waals surface area contributed by atoms with Gasteiger partial charge < -0.3 is 0 Å². The van der Waals surface area contributed by atoms with Crippen LogP contribution in [0.25, 0.3) is 0 Å². The van der Waals surface area contributed by atoms with Gasteiger partial charge in [-0.25, -0.2) is 17.6 Å². The number of carbonyl (C=O) groups is 1. The molecule has 0 aliphatic heterocycles. The van der Waals surface area contributed by atoms with Gasteiger partial charge in [-0.15, -0.1) is 0 Å². The van der Waals surface area contributed by atoms with Gasteiger partial charge in [-0.05, 0) is 40.2 Å². The molecular weight excluding hydrogens is 328 g/mol. The molecule has 6 heteroatoms. The topological polar surface area (TPSA) is 17.1 Å². The lowest BCUT2D eigenvalue weighted by Crippen LogP contribution is -2.07. The predicted octanol–water partition coefficient (Wildman–Crippen LogP) is 4.24. The molecule has 0 bridgehead atoms. The summed E-state index contributed by atoms with van der Waals surface area (Å²) in [4.78, 5) is 11.9. The Labute approximate surface area is 114 Å². The molecule has 2 rings (SSSR count). The van der Waals surface area contributed by atoms with Gasteiger partial charge in [-0.3, -0.25) is 4.79 Å². The average Bonchev–Trinajstić information content (AvgIpc) is 2.38. The molecule has 19 heavy (non-hydrogen) atoms. The normalized spacial score (nSPS) is 10.6. The fourth-order valence-corrected chi connectivity index (χ4v) is 1.89. The molecule has 0 saturated heterocycles. The van der Waals surface area contributed by atoms with Gasteiger partial charge >= 0.3 is 0 Å². The van der Waals surface area contributed by atoms with Crippen molar-refractivity contribution in [3.8, 4) is 0 Å². The molecule has 2 aromatic carbocycles. The lowest BCUT2D eigenvalue weighted by Gasteiger charge is -2.05. The molecule has 98 valence electrons. The van der Waals surface area contributed by atoms with Crippen molar-refractivity contribution < 1.29 is 22.4 Å². The molecule has 0 heterocycles. The minimum atomic E-state index is -1.67. The zero-order valence-corrected chi connectivity index (χ0v) is 10.8. The van der Waals surface area contributed by atoms with E-state index >= 15 is 0 Å². The third-order valence-electron chi connectivity index (χ3n) is 2.44. The Kier molecular flexibility index (Phi) is 3.71. The molecule has 0 aliphatic rings. The number of benzene rings is 2. The van der Waals surface area contributed by atoms with Crippen LogP contribution < -0.4 is 0 Å². The number of carbonyl (C=O) groups excluding carboxylic acids is 1. The van der Waals surface area contributed by atoms with Gasteiger partial charge in [0.05, 0.1) is 10.0 Å². The summed E-state index contributed by atoms with van der Waals surface area (Å²) in [6.07, 6.45) is 0. The van der Waals surface area contributed by atoms with E-state index in [-0.39, 0.29) is 10.0 Å². The van der Waals surface area contributed by atoms with E-state index in [0.29, 0.717) is 12.1 Å². The first-order valence-corrected chi connectivity index (χ1v) is 5.84. The van der Waals surface area contributed by atoms with Gasteiger partial charge in [-0.1, -0.05) is 6.07 Å². The number of hydrogen-bond donors (Lipinski definition) is 0. The molecule has 0 radical (unpaired) electrons. The van der Waals surface area contributed by atoms with E-state index in [1.54, 1.807) is 0 Å². The van der Waals surface area contributed by atoms with Gasteiger partial charge in [0.15, 0.2) is 23.2 Å². The highest BCUT2D eigenvalue weighted by molar-refractivity contribution is 9.10. The number of rotatable bonds is 2. The number of halogens is 5.